The molecule has 4 saturated carbocycles. The minimum Gasteiger partial charge on any atom is -0.465 e. The molecule has 362 valence electrons. The Morgan fingerprint density at radius 1 is 0.985 bits per heavy atom. The van der Waals surface area contributed by atoms with E-state index < -0.39 is 64.0 Å². The predicted molar refractivity (Wildman–Crippen MR) is 247 cm³/mol. The average Bonchev–Trinajstić information content (AvgIpc) is 3.99. The summed E-state index contributed by atoms with van der Waals surface area (Å²) in [5.41, 5.74) is -2.28. The fourth-order valence-corrected chi connectivity index (χ4v) is 16.4. The number of nitrogens with one attached hydrogen (secondary N) is 2. The number of esters is 1. The highest BCUT2D eigenvalue weighted by atomic mass is 16.5. The third kappa shape index (κ3) is 7.69. The number of ketones is 2. The molecule has 2 heterocycles. The zero-order valence-electron chi connectivity index (χ0n) is 39.8. The third-order valence-electron chi connectivity index (χ3n) is 19.6. The molecule has 66 heavy (non-hydrogen) atoms. The summed E-state index contributed by atoms with van der Waals surface area (Å²) in [4.78, 5) is 44.3. The molecule has 9 rings (SSSR count). The molecule has 1 aromatic rings. The second-order valence-electron chi connectivity index (χ2n) is 23.3. The summed E-state index contributed by atoms with van der Waals surface area (Å²) in [5, 5.41) is 76.1. The van der Waals surface area contributed by atoms with Crippen LogP contribution in [0.3, 0.4) is 0 Å². The zero-order chi connectivity index (χ0) is 47.1. The van der Waals surface area contributed by atoms with Crippen LogP contribution in [0.5, 0.6) is 0 Å². The van der Waals surface area contributed by atoms with Gasteiger partial charge in [0.2, 0.25) is 0 Å². The number of aliphatic hydroxyl groups excluding tert-OH is 4. The molecule has 0 aromatic carbocycles. The van der Waals surface area contributed by atoms with Gasteiger partial charge < -0.3 is 45.7 Å². The van der Waals surface area contributed by atoms with Crippen LogP contribution in [0.4, 0.5) is 0 Å². The first-order chi connectivity index (χ1) is 31.4. The van der Waals surface area contributed by atoms with Gasteiger partial charge in [-0.25, -0.2) is 0 Å². The summed E-state index contributed by atoms with van der Waals surface area (Å²) in [6.07, 6.45) is 9.96. The highest BCUT2D eigenvalue weighted by Gasteiger charge is 2.73. The molecule has 0 radical (unpaired) electrons. The molecular formula is C54H76N2O10. The molecule has 8 aliphatic rings. The van der Waals surface area contributed by atoms with Crippen molar-refractivity contribution in [1.82, 2.24) is 10.3 Å². The molecule has 1 aliphatic heterocycles. The normalized spacial score (nSPS) is 46.8. The highest BCUT2D eigenvalue weighted by Crippen LogP contribution is 2.71. The molecule has 1 aromatic heterocycles. The molecule has 0 unspecified atom stereocenters. The minimum absolute atomic E-state index is 0.0229. The van der Waals surface area contributed by atoms with E-state index in [1.165, 1.54) is 12.5 Å². The monoisotopic (exact) mass is 913 g/mol. The summed E-state index contributed by atoms with van der Waals surface area (Å²) in [6, 6.07) is 1.95. The van der Waals surface area contributed by atoms with Gasteiger partial charge in [0, 0.05) is 54.5 Å². The summed E-state index contributed by atoms with van der Waals surface area (Å²) in [6.45, 7) is 9.90. The Morgan fingerprint density at radius 3 is 2.50 bits per heavy atom. The average molecular weight is 913 g/mol. The largest absolute Gasteiger partial charge is 0.465 e. The maximum absolute atomic E-state index is 14.9. The molecule has 19 atom stereocenters. The highest BCUT2D eigenvalue weighted by molar-refractivity contribution is 6.00. The van der Waals surface area contributed by atoms with E-state index >= 15 is 0 Å². The van der Waals surface area contributed by atoms with Crippen molar-refractivity contribution in [3.05, 3.63) is 46.9 Å². The van der Waals surface area contributed by atoms with Crippen LogP contribution in [-0.4, -0.2) is 102 Å². The van der Waals surface area contributed by atoms with Crippen molar-refractivity contribution in [2.45, 2.75) is 160 Å². The van der Waals surface area contributed by atoms with Crippen LogP contribution in [0.2, 0.25) is 0 Å². The standard InChI is InChI=1S/C54H76N2O10/c1-29-10-11-32-12-13-36-30(2)21-44(61)53(64,16-7-19-57)49-34(9-6-8-33(22-38(36)37(32)20-29)39-28-66-50(63)45(39)35-15-18-55-27-35)24-54(65)46-40(14-17-52(49,54)5)51(4)25-43(60)42(59)23-41(51)48(62)47(46)56-26-31(3)58/h12,15,18,27,29-30,33-34,36-45,49,55-57,59-61,64-65H,7,9-11,13-14,16-17,19-26,28H2,1-5H3/t29-,30+,33-,34-,36-,37+,38+,39-,40-,41-,42+,43-,44+,45-,49-,51+,52+,53-,54+/m0/s1. The first-order valence-electron chi connectivity index (χ1n) is 25.4. The van der Waals surface area contributed by atoms with E-state index in [1.54, 1.807) is 0 Å². The molecule has 12 heteroatoms. The number of aromatic nitrogens is 1. The quantitative estimate of drug-likeness (QED) is 0.0927. The lowest BCUT2D eigenvalue weighted by Crippen LogP contribution is -2.65. The predicted octanol–water partition coefficient (Wildman–Crippen LogP) is 5.51. The summed E-state index contributed by atoms with van der Waals surface area (Å²) in [7, 11) is 0. The van der Waals surface area contributed by atoms with Crippen LogP contribution >= 0.6 is 0 Å². The van der Waals surface area contributed by atoms with Crippen molar-refractivity contribution in [3.8, 4) is 11.8 Å². The van der Waals surface area contributed by atoms with Gasteiger partial charge in [0.1, 0.15) is 5.78 Å². The van der Waals surface area contributed by atoms with Gasteiger partial charge in [-0.15, -0.1) is 5.92 Å². The van der Waals surface area contributed by atoms with Crippen molar-refractivity contribution in [3.63, 3.8) is 0 Å². The van der Waals surface area contributed by atoms with E-state index in [1.807, 2.05) is 32.3 Å². The van der Waals surface area contributed by atoms with Gasteiger partial charge in [-0.3, -0.25) is 14.4 Å². The Bertz CT molecular complexity index is 2160. The number of H-pyrrole nitrogens is 1. The van der Waals surface area contributed by atoms with E-state index in [4.69, 9.17) is 4.74 Å². The zero-order valence-corrected chi connectivity index (χ0v) is 39.8. The van der Waals surface area contributed by atoms with Crippen molar-refractivity contribution in [1.29, 1.82) is 0 Å². The van der Waals surface area contributed by atoms with Gasteiger partial charge in [-0.05, 0) is 154 Å². The molecule has 0 amide bonds. The molecule has 0 spiro atoms. The molecule has 1 saturated heterocycles. The van der Waals surface area contributed by atoms with Crippen molar-refractivity contribution in [2.75, 3.05) is 19.8 Å². The van der Waals surface area contributed by atoms with Crippen LogP contribution in [-0.2, 0) is 19.1 Å². The lowest BCUT2D eigenvalue weighted by atomic mass is 9.44. The molecule has 12 nitrogen and oxygen atoms in total. The number of carbonyl (C=O) groups is 3. The van der Waals surface area contributed by atoms with Crippen LogP contribution < -0.4 is 5.32 Å². The number of carbonyl (C=O) groups excluding carboxylic acids is 3. The van der Waals surface area contributed by atoms with Crippen molar-refractivity contribution < 1.29 is 49.8 Å². The number of cyclic esters (lactones) is 1. The topological polar surface area (TPSA) is 210 Å². The molecule has 7 aliphatic carbocycles. The fourth-order valence-electron chi connectivity index (χ4n) is 16.4. The summed E-state index contributed by atoms with van der Waals surface area (Å²) in [5.74, 6) is 4.90. The number of aromatic amines is 1. The summed E-state index contributed by atoms with van der Waals surface area (Å²) >= 11 is 0. The second kappa shape index (κ2) is 17.9. The summed E-state index contributed by atoms with van der Waals surface area (Å²) < 4.78 is 5.89. The molecule has 0 bridgehead atoms. The maximum atomic E-state index is 14.9. The number of hydrogen-bond donors (Lipinski definition) is 8. The Morgan fingerprint density at radius 2 is 1.77 bits per heavy atom. The second-order valence-corrected chi connectivity index (χ2v) is 23.3. The smallest absolute Gasteiger partial charge is 0.313 e. The number of aliphatic hydroxyl groups is 6. The molecule has 5 fully saturated rings. The van der Waals surface area contributed by atoms with Crippen LogP contribution in [0.25, 0.3) is 0 Å². The number of hydrogen-bond acceptors (Lipinski definition) is 11. The van der Waals surface area contributed by atoms with Crippen molar-refractivity contribution >= 4 is 17.5 Å². The SMILES string of the molecule is CC(=O)CNC1=C2[C@H](CC[C@]3(C)[C@@H]4[C@@H](CC#C[C@H]([C@@H]5COC(=O)[C@H]5c5cc[nH]c5)C[C@@H]5[C@@H](CC=C6CC[C@H](C)C[C@H]65)[C@H](C)C[C@@H](O)[C@@]4(O)CCCO)C[C@@]23O)[C@@]2(C)C[C@H](O)[C@H](O)C[C@H]2C1=O. The van der Waals surface area contributed by atoms with Gasteiger partial charge in [0.25, 0.3) is 0 Å². The fraction of sp³-hybridized carbons (Fsp3) is 0.759. The number of allylic oxidation sites excluding steroid dienone is 3. The molecule has 8 N–H and O–H groups in total. The lowest BCUT2D eigenvalue weighted by Gasteiger charge is -2.61. The van der Waals surface area contributed by atoms with E-state index in [9.17, 15) is 45.0 Å². The lowest BCUT2D eigenvalue weighted by molar-refractivity contribution is -0.193. The molecular weight excluding hydrogens is 837 g/mol. The number of fused-ring (bicyclic) bond motifs is 10. The van der Waals surface area contributed by atoms with E-state index in [2.05, 4.69) is 42.1 Å². The van der Waals surface area contributed by atoms with Gasteiger partial charge in [0.05, 0.1) is 54.3 Å². The Kier molecular flexibility index (Phi) is 12.9. The van der Waals surface area contributed by atoms with Gasteiger partial charge in [-0.1, -0.05) is 45.3 Å². The van der Waals surface area contributed by atoms with E-state index in [0.717, 1.165) is 37.7 Å². The number of ether oxygens (including phenoxy) is 1. The minimum atomic E-state index is -1.76. The van der Waals surface area contributed by atoms with Crippen LogP contribution in [0, 0.1) is 87.8 Å². The Labute approximate surface area is 390 Å². The van der Waals surface area contributed by atoms with Crippen LogP contribution in [0.1, 0.15) is 136 Å². The van der Waals surface area contributed by atoms with Gasteiger partial charge in [-0.2, -0.15) is 0 Å². The third-order valence-corrected chi connectivity index (χ3v) is 19.6. The first kappa shape index (κ1) is 47.7. The van der Waals surface area contributed by atoms with E-state index in [-0.39, 0.29) is 117 Å². The Hall–Kier alpha value is -3.31. The maximum Gasteiger partial charge on any atom is 0.313 e. The van der Waals surface area contributed by atoms with E-state index in [0.29, 0.717) is 36.7 Å². The number of Topliss-reactive ketones (excluding diaryl/α,β-unsaturated/α-hetero) is 2. The first-order valence-corrected chi connectivity index (χ1v) is 25.4. The van der Waals surface area contributed by atoms with Crippen LogP contribution in [0.15, 0.2) is 41.4 Å². The number of rotatable bonds is 8. The van der Waals surface area contributed by atoms with Gasteiger partial charge in [0.15, 0.2) is 5.78 Å². The van der Waals surface area contributed by atoms with Crippen molar-refractivity contribution in [2.24, 2.45) is 75.9 Å². The Balaban J connectivity index is 1.20. The van der Waals surface area contributed by atoms with Gasteiger partial charge >= 0.3 is 5.97 Å².